The van der Waals surface area contributed by atoms with Gasteiger partial charge in [0.2, 0.25) is 0 Å². The molecule has 0 radical (unpaired) electrons. The molecule has 0 unspecified atom stereocenters. The van der Waals surface area contributed by atoms with Gasteiger partial charge in [0.1, 0.15) is 0 Å². The van der Waals surface area contributed by atoms with E-state index in [9.17, 15) is 5.11 Å². The van der Waals surface area contributed by atoms with Crippen molar-refractivity contribution in [2.24, 2.45) is 0 Å². The third kappa shape index (κ3) is 1.09. The van der Waals surface area contributed by atoms with Crippen LogP contribution in [0.15, 0.2) is 33.6 Å². The predicted molar refractivity (Wildman–Crippen MR) is 52.1 cm³/mol. The summed E-state index contributed by atoms with van der Waals surface area (Å²) in [6.45, 7) is 10.1. The average molecular weight is 164 g/mol. The van der Waals surface area contributed by atoms with Gasteiger partial charge < -0.3 is 5.11 Å². The third-order valence-electron chi connectivity index (χ3n) is 2.80. The maximum absolute atomic E-state index is 9.44. The van der Waals surface area contributed by atoms with Crippen molar-refractivity contribution in [1.82, 2.24) is 0 Å². The second-order valence-corrected chi connectivity index (χ2v) is 3.46. The maximum atomic E-state index is 9.44. The summed E-state index contributed by atoms with van der Waals surface area (Å²) >= 11 is 0. The van der Waals surface area contributed by atoms with Crippen molar-refractivity contribution in [1.29, 1.82) is 0 Å². The lowest BCUT2D eigenvalue weighted by Gasteiger charge is -2.03. The SMILES string of the molecule is CC(O)=C1C(C)=C(C)C(C)=C1C. The molecule has 0 aromatic carbocycles. The fourth-order valence-electron chi connectivity index (χ4n) is 1.76. The number of rotatable bonds is 0. The fraction of sp³-hybridized carbons (Fsp3) is 0.455. The molecular weight excluding hydrogens is 148 g/mol. The summed E-state index contributed by atoms with van der Waals surface area (Å²) in [6.07, 6.45) is 0. The zero-order valence-electron chi connectivity index (χ0n) is 8.45. The van der Waals surface area contributed by atoms with Crippen LogP contribution in [-0.2, 0) is 0 Å². The molecule has 0 fully saturated rings. The van der Waals surface area contributed by atoms with E-state index in [2.05, 4.69) is 27.7 Å². The lowest BCUT2D eigenvalue weighted by molar-refractivity contribution is 0.409. The number of allylic oxidation sites excluding steroid dienone is 6. The minimum absolute atomic E-state index is 0.432. The molecule has 0 heterocycles. The van der Waals surface area contributed by atoms with Gasteiger partial charge in [-0.25, -0.2) is 0 Å². The van der Waals surface area contributed by atoms with Crippen molar-refractivity contribution in [3.8, 4) is 0 Å². The monoisotopic (exact) mass is 164 g/mol. The molecule has 0 aromatic rings. The van der Waals surface area contributed by atoms with E-state index in [-0.39, 0.29) is 0 Å². The summed E-state index contributed by atoms with van der Waals surface area (Å²) in [6, 6.07) is 0. The molecule has 0 saturated heterocycles. The first kappa shape index (κ1) is 9.11. The summed E-state index contributed by atoms with van der Waals surface area (Å²) in [7, 11) is 0. The van der Waals surface area contributed by atoms with Crippen molar-refractivity contribution in [3.05, 3.63) is 33.6 Å². The minimum Gasteiger partial charge on any atom is -0.512 e. The van der Waals surface area contributed by atoms with Crippen molar-refractivity contribution in [2.75, 3.05) is 0 Å². The molecule has 0 aromatic heterocycles. The van der Waals surface area contributed by atoms with Crippen LogP contribution in [-0.4, -0.2) is 5.11 Å². The van der Waals surface area contributed by atoms with E-state index in [1.165, 1.54) is 22.3 Å². The Kier molecular flexibility index (Phi) is 2.14. The largest absolute Gasteiger partial charge is 0.512 e. The quantitative estimate of drug-likeness (QED) is 0.543. The average Bonchev–Trinajstić information content (AvgIpc) is 2.16. The molecule has 1 aliphatic carbocycles. The van der Waals surface area contributed by atoms with Crippen molar-refractivity contribution < 1.29 is 5.11 Å². The first-order chi connectivity index (χ1) is 5.46. The highest BCUT2D eigenvalue weighted by Crippen LogP contribution is 2.36. The van der Waals surface area contributed by atoms with Crippen LogP contribution in [0.25, 0.3) is 0 Å². The van der Waals surface area contributed by atoms with E-state index in [0.717, 1.165) is 5.57 Å². The van der Waals surface area contributed by atoms with E-state index < -0.39 is 0 Å². The van der Waals surface area contributed by atoms with Crippen molar-refractivity contribution >= 4 is 0 Å². The fourth-order valence-corrected chi connectivity index (χ4v) is 1.76. The van der Waals surface area contributed by atoms with Gasteiger partial charge in [0.15, 0.2) is 0 Å². The smallest absolute Gasteiger partial charge is 0.0969 e. The molecule has 0 bridgehead atoms. The molecule has 0 atom stereocenters. The Morgan fingerprint density at radius 1 is 0.833 bits per heavy atom. The lowest BCUT2D eigenvalue weighted by Crippen LogP contribution is -1.88. The molecule has 1 aliphatic rings. The predicted octanol–water partition coefficient (Wildman–Crippen LogP) is 3.50. The van der Waals surface area contributed by atoms with Crippen LogP contribution >= 0.6 is 0 Å². The standard InChI is InChI=1S/C11H16O/c1-6-7(2)9(4)11(8(6)3)10(5)12/h12H,1-5H3. The molecule has 0 amide bonds. The van der Waals surface area contributed by atoms with Gasteiger partial charge in [-0.05, 0) is 56.9 Å². The van der Waals surface area contributed by atoms with Crippen LogP contribution in [0, 0.1) is 0 Å². The van der Waals surface area contributed by atoms with Crippen LogP contribution in [0.3, 0.4) is 0 Å². The van der Waals surface area contributed by atoms with Crippen molar-refractivity contribution in [2.45, 2.75) is 34.6 Å². The van der Waals surface area contributed by atoms with Gasteiger partial charge in [-0.1, -0.05) is 0 Å². The Morgan fingerprint density at radius 3 is 1.33 bits per heavy atom. The highest BCUT2D eigenvalue weighted by atomic mass is 16.3. The second kappa shape index (κ2) is 2.81. The third-order valence-corrected chi connectivity index (χ3v) is 2.80. The Morgan fingerprint density at radius 2 is 1.17 bits per heavy atom. The molecule has 66 valence electrons. The van der Waals surface area contributed by atoms with E-state index in [4.69, 9.17) is 0 Å². The number of aliphatic hydroxyl groups is 1. The van der Waals surface area contributed by atoms with Gasteiger partial charge >= 0.3 is 0 Å². The van der Waals surface area contributed by atoms with E-state index >= 15 is 0 Å². The summed E-state index contributed by atoms with van der Waals surface area (Å²) in [5.74, 6) is 0.432. The molecule has 0 spiro atoms. The van der Waals surface area contributed by atoms with E-state index in [1.54, 1.807) is 6.92 Å². The highest BCUT2D eigenvalue weighted by molar-refractivity contribution is 5.61. The number of hydrogen-bond donors (Lipinski definition) is 1. The maximum Gasteiger partial charge on any atom is 0.0969 e. The van der Waals surface area contributed by atoms with Gasteiger partial charge in [0.25, 0.3) is 0 Å². The molecule has 1 N–H and O–H groups in total. The second-order valence-electron chi connectivity index (χ2n) is 3.46. The Hall–Kier alpha value is -0.980. The molecule has 0 saturated carbocycles. The van der Waals surface area contributed by atoms with Crippen LogP contribution < -0.4 is 0 Å². The number of hydrogen-bond acceptors (Lipinski definition) is 1. The Balaban J connectivity index is 3.37. The molecule has 1 heteroatoms. The number of aliphatic hydroxyl groups excluding tert-OH is 1. The zero-order valence-corrected chi connectivity index (χ0v) is 8.45. The first-order valence-electron chi connectivity index (χ1n) is 4.22. The van der Waals surface area contributed by atoms with Gasteiger partial charge in [0.05, 0.1) is 5.76 Å². The van der Waals surface area contributed by atoms with Crippen molar-refractivity contribution in [3.63, 3.8) is 0 Å². The molecule has 1 nitrogen and oxygen atoms in total. The first-order valence-corrected chi connectivity index (χ1v) is 4.22. The topological polar surface area (TPSA) is 20.2 Å². The van der Waals surface area contributed by atoms with Crippen LogP contribution in [0.2, 0.25) is 0 Å². The van der Waals surface area contributed by atoms with Gasteiger partial charge in [-0.2, -0.15) is 0 Å². The Labute approximate surface area is 74.1 Å². The summed E-state index contributed by atoms with van der Waals surface area (Å²) in [5, 5.41) is 9.44. The van der Waals surface area contributed by atoms with E-state index in [1.807, 2.05) is 0 Å². The highest BCUT2D eigenvalue weighted by Gasteiger charge is 2.19. The molecular formula is C11H16O. The molecule has 12 heavy (non-hydrogen) atoms. The van der Waals surface area contributed by atoms with Crippen LogP contribution in [0.4, 0.5) is 0 Å². The zero-order chi connectivity index (χ0) is 9.46. The van der Waals surface area contributed by atoms with Gasteiger partial charge in [-0.3, -0.25) is 0 Å². The Bertz CT molecular complexity index is 284. The summed E-state index contributed by atoms with van der Waals surface area (Å²) in [5.41, 5.74) is 6.06. The summed E-state index contributed by atoms with van der Waals surface area (Å²) in [4.78, 5) is 0. The minimum atomic E-state index is 0.432. The van der Waals surface area contributed by atoms with Gasteiger partial charge in [0, 0.05) is 5.57 Å². The van der Waals surface area contributed by atoms with Crippen LogP contribution in [0.1, 0.15) is 34.6 Å². The normalized spacial score (nSPS) is 17.9. The van der Waals surface area contributed by atoms with Crippen LogP contribution in [0.5, 0.6) is 0 Å². The summed E-state index contributed by atoms with van der Waals surface area (Å²) < 4.78 is 0. The van der Waals surface area contributed by atoms with Gasteiger partial charge in [-0.15, -0.1) is 0 Å². The lowest BCUT2D eigenvalue weighted by atomic mass is 10.0. The molecule has 0 aliphatic heterocycles. The van der Waals surface area contributed by atoms with E-state index in [0.29, 0.717) is 5.76 Å². The molecule has 1 rings (SSSR count).